The van der Waals surface area contributed by atoms with E-state index in [1.54, 1.807) is 148 Å². The van der Waals surface area contributed by atoms with Crippen molar-refractivity contribution < 1.29 is 38.1 Å². The third-order valence-corrected chi connectivity index (χ3v) is 15.0. The van der Waals surface area contributed by atoms with Gasteiger partial charge in [-0.2, -0.15) is 0 Å². The van der Waals surface area contributed by atoms with Gasteiger partial charge in [0.25, 0.3) is 0 Å². The smallest absolute Gasteiger partial charge is 0.339 e. The van der Waals surface area contributed by atoms with Crippen LogP contribution in [0.5, 0.6) is 0 Å². The molecule has 0 saturated heterocycles. The van der Waals surface area contributed by atoms with Crippen LogP contribution >= 0.6 is 0 Å². The van der Waals surface area contributed by atoms with Gasteiger partial charge in [-0.15, -0.1) is 0 Å². The molecular formula is C74H50N12O8. The maximum atomic E-state index is 14.8. The number of hydrogen-bond acceptors (Lipinski definition) is 20. The molecule has 0 amide bonds. The molecular weight excluding hydrogens is 1180 g/mol. The number of nitrogens with zero attached hydrogens (tertiary/aromatic N) is 12. The standard InChI is InChI=1S/C74H50N12O8/c87-71(91-43-47-13-55(31-79-23-47)63-17-59(35-83-39-63)51-5-1-9-75-27-51)67-21-69(73(89)93-45-49-15-57(33-81-25-49)65-19-61(37-85-41-65)53-7-3-11-77-29-53)70(74(90)94-46-50-16-58(34-82-26-50)66-20-62(38-86-42-66)54-8-4-12-78-30-54)22-68(67)72(88)92-44-48-14-56(32-80-24-48)64-18-60(36-84-40-64)52-6-2-10-76-28-52/h1-42H,43-46H2. The predicted molar refractivity (Wildman–Crippen MR) is 346 cm³/mol. The van der Waals surface area contributed by atoms with E-state index in [0.717, 1.165) is 78.9 Å². The maximum Gasteiger partial charge on any atom is 0.339 e. The Bertz CT molecular complexity index is 4310. The molecule has 20 nitrogen and oxygen atoms in total. The number of pyridine rings is 12. The summed E-state index contributed by atoms with van der Waals surface area (Å²) in [5, 5.41) is 0. The van der Waals surface area contributed by atoms with Crippen LogP contribution in [0.3, 0.4) is 0 Å². The Labute approximate surface area is 537 Å². The number of ether oxygens (including phenoxy) is 4. The molecule has 0 bridgehead atoms. The molecule has 0 spiro atoms. The first-order valence-corrected chi connectivity index (χ1v) is 29.3. The summed E-state index contributed by atoms with van der Waals surface area (Å²) < 4.78 is 23.9. The first-order chi connectivity index (χ1) is 46.2. The summed E-state index contributed by atoms with van der Waals surface area (Å²) in [5.74, 6) is -4.22. The minimum atomic E-state index is -1.06. The van der Waals surface area contributed by atoms with Crippen LogP contribution in [0, 0.1) is 0 Å². The highest BCUT2D eigenvalue weighted by atomic mass is 16.5. The lowest BCUT2D eigenvalue weighted by Crippen LogP contribution is -2.20. The Balaban J connectivity index is 0.827. The molecule has 0 fully saturated rings. The summed E-state index contributed by atoms with van der Waals surface area (Å²) >= 11 is 0. The van der Waals surface area contributed by atoms with Crippen LogP contribution in [0.4, 0.5) is 0 Å². The van der Waals surface area contributed by atoms with Crippen LogP contribution in [0.1, 0.15) is 63.7 Å². The fraction of sp³-hybridized carbons (Fsp3) is 0.0541. The van der Waals surface area contributed by atoms with Gasteiger partial charge in [-0.1, -0.05) is 24.3 Å². The number of esters is 4. The summed E-state index contributed by atoms with van der Waals surface area (Å²) in [6.07, 6.45) is 40.1. The molecule has 94 heavy (non-hydrogen) atoms. The molecule has 454 valence electrons. The van der Waals surface area contributed by atoms with Gasteiger partial charge < -0.3 is 18.9 Å². The van der Waals surface area contributed by atoms with Gasteiger partial charge in [0.1, 0.15) is 26.4 Å². The van der Waals surface area contributed by atoms with E-state index in [4.69, 9.17) is 18.9 Å². The average molecular weight is 1240 g/mol. The number of rotatable bonds is 20. The SMILES string of the molecule is O=C(OCc1cncc(-c2cncc(-c3cccnc3)c2)c1)c1cc(C(=O)OCc2cncc(-c3cncc(-c4cccnc4)c3)c2)c(C(=O)OCc2cncc(-c3cncc(-c4cccnc4)c3)c2)cc1C(=O)OCc1cncc(-c2cncc(-c3cccnc3)c2)c1. The molecule has 13 rings (SSSR count). The van der Waals surface area contributed by atoms with Crippen LogP contribution in [-0.2, 0) is 45.4 Å². The van der Waals surface area contributed by atoms with Gasteiger partial charge in [-0.25, -0.2) is 19.2 Å². The van der Waals surface area contributed by atoms with E-state index in [9.17, 15) is 19.2 Å². The summed E-state index contributed by atoms with van der Waals surface area (Å²) in [7, 11) is 0. The Morgan fingerprint density at radius 3 is 0.596 bits per heavy atom. The van der Waals surface area contributed by atoms with Crippen LogP contribution in [0.2, 0.25) is 0 Å². The van der Waals surface area contributed by atoms with Crippen molar-refractivity contribution in [3.8, 4) is 89.0 Å². The highest BCUT2D eigenvalue weighted by Gasteiger charge is 2.30. The van der Waals surface area contributed by atoms with Gasteiger partial charge in [0.05, 0.1) is 22.3 Å². The minimum absolute atomic E-state index is 0.344. The molecule has 20 heteroatoms. The normalized spacial score (nSPS) is 10.9. The third kappa shape index (κ3) is 14.3. The van der Waals surface area contributed by atoms with Crippen LogP contribution in [-0.4, -0.2) is 83.7 Å². The summed E-state index contributed by atoms with van der Waals surface area (Å²) in [5.41, 5.74) is 12.5. The van der Waals surface area contributed by atoms with Crippen molar-refractivity contribution in [1.29, 1.82) is 0 Å². The van der Waals surface area contributed by atoms with E-state index < -0.39 is 46.1 Å². The number of carbonyl (C=O) groups is 4. The second-order valence-corrected chi connectivity index (χ2v) is 21.4. The Hall–Kier alpha value is -13.1. The van der Waals surface area contributed by atoms with E-state index in [1.165, 1.54) is 24.8 Å². The number of carbonyl (C=O) groups excluding carboxylic acids is 4. The number of hydrogen-bond donors (Lipinski definition) is 0. The Kier molecular flexibility index (Phi) is 17.9. The summed E-state index contributed by atoms with van der Waals surface area (Å²) in [4.78, 5) is 112. The van der Waals surface area contributed by atoms with Crippen molar-refractivity contribution in [3.63, 3.8) is 0 Å². The molecule has 1 aromatic carbocycles. The zero-order valence-electron chi connectivity index (χ0n) is 49.7. The van der Waals surface area contributed by atoms with E-state index in [-0.39, 0.29) is 26.4 Å². The molecule has 0 unspecified atom stereocenters. The number of benzene rings is 1. The van der Waals surface area contributed by atoms with Crippen molar-refractivity contribution >= 4 is 23.9 Å². The van der Waals surface area contributed by atoms with Crippen LogP contribution in [0.15, 0.2) is 258 Å². The fourth-order valence-corrected chi connectivity index (χ4v) is 10.2. The van der Waals surface area contributed by atoms with Crippen LogP contribution in [0.25, 0.3) is 89.0 Å². The average Bonchev–Trinajstić information content (AvgIpc) is 0.877. The lowest BCUT2D eigenvalue weighted by Gasteiger charge is -2.16. The Morgan fingerprint density at radius 2 is 0.394 bits per heavy atom. The molecule has 0 aliphatic rings. The monoisotopic (exact) mass is 1230 g/mol. The van der Waals surface area contributed by atoms with Gasteiger partial charge in [0.15, 0.2) is 0 Å². The van der Waals surface area contributed by atoms with E-state index in [0.29, 0.717) is 44.5 Å². The lowest BCUT2D eigenvalue weighted by molar-refractivity contribution is 0.0409. The van der Waals surface area contributed by atoms with Crippen molar-refractivity contribution in [2.75, 3.05) is 0 Å². The minimum Gasteiger partial charge on any atom is -0.457 e. The van der Waals surface area contributed by atoms with Crippen molar-refractivity contribution in [1.82, 2.24) is 59.8 Å². The van der Waals surface area contributed by atoms with Gasteiger partial charge in [0, 0.05) is 260 Å². The van der Waals surface area contributed by atoms with Gasteiger partial charge in [-0.3, -0.25) is 59.8 Å². The highest BCUT2D eigenvalue weighted by Crippen LogP contribution is 2.31. The molecule has 12 heterocycles. The number of aromatic nitrogens is 12. The molecule has 0 saturated carbocycles. The molecule has 0 radical (unpaired) electrons. The summed E-state index contributed by atoms with van der Waals surface area (Å²) in [6, 6.07) is 32.1. The molecule has 12 aromatic heterocycles. The largest absolute Gasteiger partial charge is 0.457 e. The first-order valence-electron chi connectivity index (χ1n) is 29.3. The molecule has 0 N–H and O–H groups in total. The van der Waals surface area contributed by atoms with Gasteiger partial charge in [-0.05, 0) is 84.9 Å². The van der Waals surface area contributed by atoms with Crippen molar-refractivity contribution in [2.24, 2.45) is 0 Å². The van der Waals surface area contributed by atoms with E-state index in [2.05, 4.69) is 59.8 Å². The third-order valence-electron chi connectivity index (χ3n) is 15.0. The Morgan fingerprint density at radius 1 is 0.213 bits per heavy atom. The van der Waals surface area contributed by atoms with Gasteiger partial charge in [0.2, 0.25) is 0 Å². The highest BCUT2D eigenvalue weighted by molar-refractivity contribution is 6.10. The van der Waals surface area contributed by atoms with E-state index in [1.807, 2.05) is 72.8 Å². The zero-order valence-corrected chi connectivity index (χ0v) is 49.7. The molecule has 0 aliphatic heterocycles. The predicted octanol–water partition coefficient (Wildman–Crippen LogP) is 13.2. The second kappa shape index (κ2) is 28.2. The first kappa shape index (κ1) is 59.8. The van der Waals surface area contributed by atoms with Gasteiger partial charge >= 0.3 is 23.9 Å². The maximum absolute atomic E-state index is 14.8. The summed E-state index contributed by atoms with van der Waals surface area (Å²) in [6.45, 7) is -1.37. The zero-order chi connectivity index (χ0) is 64.0. The van der Waals surface area contributed by atoms with Crippen molar-refractivity contribution in [3.05, 3.63) is 302 Å². The van der Waals surface area contributed by atoms with E-state index >= 15 is 0 Å². The molecule has 13 aromatic rings. The quantitative estimate of drug-likeness (QED) is 0.0507. The van der Waals surface area contributed by atoms with Crippen molar-refractivity contribution in [2.45, 2.75) is 26.4 Å². The second-order valence-electron chi connectivity index (χ2n) is 21.4. The topological polar surface area (TPSA) is 260 Å². The van der Waals surface area contributed by atoms with Crippen LogP contribution < -0.4 is 0 Å². The molecule has 0 atom stereocenters. The lowest BCUT2D eigenvalue weighted by atomic mass is 9.97. The fourth-order valence-electron chi connectivity index (χ4n) is 10.2. The molecule has 0 aliphatic carbocycles.